The molecule has 1 spiro atoms. The van der Waals surface area contributed by atoms with Gasteiger partial charge in [-0.05, 0) is 56.6 Å². The normalized spacial score (nSPS) is 22.4. The number of nitrogens with zero attached hydrogens (tertiary/aromatic N) is 4. The predicted molar refractivity (Wildman–Crippen MR) is 138 cm³/mol. The van der Waals surface area contributed by atoms with Crippen LogP contribution in [0.25, 0.3) is 5.69 Å². The van der Waals surface area contributed by atoms with Crippen LogP contribution in [0.5, 0.6) is 5.75 Å². The summed E-state index contributed by atoms with van der Waals surface area (Å²) in [6.07, 6.45) is 4.41. The van der Waals surface area contributed by atoms with Crippen LogP contribution < -0.4 is 10.1 Å². The fourth-order valence-electron chi connectivity index (χ4n) is 6.52. The minimum absolute atomic E-state index is 0.0639. The van der Waals surface area contributed by atoms with Crippen LogP contribution in [0.2, 0.25) is 0 Å². The zero-order valence-corrected chi connectivity index (χ0v) is 21.1. The van der Waals surface area contributed by atoms with E-state index >= 15 is 0 Å². The van der Waals surface area contributed by atoms with Crippen molar-refractivity contribution in [2.24, 2.45) is 0 Å². The van der Waals surface area contributed by atoms with Gasteiger partial charge in [0.25, 0.3) is 5.91 Å². The third-order valence-electron chi connectivity index (χ3n) is 8.65. The van der Waals surface area contributed by atoms with Gasteiger partial charge < -0.3 is 9.64 Å². The molecule has 5 heterocycles. The minimum atomic E-state index is -0.619. The highest BCUT2D eigenvalue weighted by atomic mass is 16.5. The molecule has 1 aromatic heterocycles. The number of nitrogens with one attached hydrogen (secondary N) is 1. The number of carbonyl (C=O) groups is 3. The average Bonchev–Trinajstić information content (AvgIpc) is 3.63. The average molecular weight is 512 g/mol. The second-order valence-electron chi connectivity index (χ2n) is 10.8. The molecule has 194 valence electrons. The van der Waals surface area contributed by atoms with Crippen molar-refractivity contribution < 1.29 is 19.1 Å². The molecule has 4 aliphatic heterocycles. The van der Waals surface area contributed by atoms with Crippen LogP contribution in [0.1, 0.15) is 52.9 Å². The zero-order valence-electron chi connectivity index (χ0n) is 21.1. The molecule has 0 bridgehead atoms. The van der Waals surface area contributed by atoms with Gasteiger partial charge in [-0.1, -0.05) is 24.3 Å². The summed E-state index contributed by atoms with van der Waals surface area (Å²) in [7, 11) is 0. The van der Waals surface area contributed by atoms with Gasteiger partial charge in [0, 0.05) is 41.3 Å². The lowest BCUT2D eigenvalue weighted by molar-refractivity contribution is -0.136. The van der Waals surface area contributed by atoms with E-state index < -0.39 is 11.9 Å². The summed E-state index contributed by atoms with van der Waals surface area (Å²) in [5.41, 5.74) is 4.84. The van der Waals surface area contributed by atoms with E-state index in [-0.39, 0.29) is 23.7 Å². The number of carbonyl (C=O) groups excluding carboxylic acids is 3. The number of ether oxygens (including phenoxy) is 1. The third kappa shape index (κ3) is 3.64. The maximum atomic E-state index is 13.2. The molecule has 1 unspecified atom stereocenters. The molecule has 2 fully saturated rings. The number of benzene rings is 2. The van der Waals surface area contributed by atoms with Gasteiger partial charge >= 0.3 is 0 Å². The van der Waals surface area contributed by atoms with Gasteiger partial charge in [0.1, 0.15) is 11.8 Å². The number of hydrogen-bond donors (Lipinski definition) is 1. The molecular weight excluding hydrogens is 482 g/mol. The number of hydrogen-bond acceptors (Lipinski definition) is 6. The van der Waals surface area contributed by atoms with Gasteiger partial charge in [-0.2, -0.15) is 5.10 Å². The van der Waals surface area contributed by atoms with E-state index in [9.17, 15) is 14.4 Å². The molecule has 7 rings (SSSR count). The lowest BCUT2D eigenvalue weighted by atomic mass is 9.74. The lowest BCUT2D eigenvalue weighted by Gasteiger charge is -2.38. The Kier molecular flexibility index (Phi) is 5.36. The van der Waals surface area contributed by atoms with Crippen LogP contribution in [-0.4, -0.2) is 63.0 Å². The van der Waals surface area contributed by atoms with E-state index in [1.54, 1.807) is 4.90 Å². The quantitative estimate of drug-likeness (QED) is 0.541. The number of amides is 3. The second-order valence-corrected chi connectivity index (χ2v) is 10.8. The maximum absolute atomic E-state index is 13.2. The SMILES string of the molecule is O=C1CCC(N2Cc3c(ccc4c3OCC43CCN(Cc4ccnn4-c4ccccc4)CC3)C2=O)C(=O)N1. The summed E-state index contributed by atoms with van der Waals surface area (Å²) >= 11 is 0. The molecule has 2 saturated heterocycles. The minimum Gasteiger partial charge on any atom is -0.492 e. The molecule has 3 aromatic rings. The highest BCUT2D eigenvalue weighted by Gasteiger charge is 2.47. The summed E-state index contributed by atoms with van der Waals surface area (Å²) in [5.74, 6) is -0.0113. The lowest BCUT2D eigenvalue weighted by Crippen LogP contribution is -2.52. The smallest absolute Gasteiger partial charge is 0.255 e. The van der Waals surface area contributed by atoms with Crippen molar-refractivity contribution in [2.75, 3.05) is 19.7 Å². The van der Waals surface area contributed by atoms with Crippen molar-refractivity contribution in [1.29, 1.82) is 0 Å². The standard InChI is InChI=1S/C29H29N5O4/c35-25-9-8-24(27(36)31-25)33-17-22-21(28(33)37)6-7-23-26(22)38-18-29(23)11-14-32(15-12-29)16-20-10-13-30-34(20)19-4-2-1-3-5-19/h1-7,10,13,24H,8-9,11-12,14-18H2,(H,31,35,36). The molecule has 0 aliphatic carbocycles. The number of fused-ring (bicyclic) bond motifs is 4. The zero-order chi connectivity index (χ0) is 25.9. The summed E-state index contributed by atoms with van der Waals surface area (Å²) in [4.78, 5) is 41.3. The van der Waals surface area contributed by atoms with Crippen LogP contribution in [0.4, 0.5) is 0 Å². The molecule has 1 N–H and O–H groups in total. The number of imide groups is 1. The van der Waals surface area contributed by atoms with E-state index in [1.807, 2.05) is 35.1 Å². The van der Waals surface area contributed by atoms with Gasteiger partial charge in [-0.15, -0.1) is 0 Å². The Morgan fingerprint density at radius 2 is 1.84 bits per heavy atom. The number of rotatable bonds is 4. The monoisotopic (exact) mass is 511 g/mol. The Hall–Kier alpha value is -3.98. The van der Waals surface area contributed by atoms with E-state index in [1.165, 1.54) is 11.3 Å². The third-order valence-corrected chi connectivity index (χ3v) is 8.65. The highest BCUT2D eigenvalue weighted by molar-refractivity contribution is 6.05. The van der Waals surface area contributed by atoms with E-state index in [4.69, 9.17) is 4.74 Å². The summed E-state index contributed by atoms with van der Waals surface area (Å²) in [6.45, 7) is 3.68. The molecule has 38 heavy (non-hydrogen) atoms. The van der Waals surface area contributed by atoms with E-state index in [0.717, 1.165) is 49.5 Å². The Labute approximate surface area is 220 Å². The van der Waals surface area contributed by atoms with Crippen LogP contribution in [0.15, 0.2) is 54.7 Å². The second kappa shape index (κ2) is 8.80. The van der Waals surface area contributed by atoms with Crippen molar-refractivity contribution >= 4 is 17.7 Å². The highest BCUT2D eigenvalue weighted by Crippen LogP contribution is 2.49. The van der Waals surface area contributed by atoms with Gasteiger partial charge in [-0.3, -0.25) is 24.6 Å². The molecule has 4 aliphatic rings. The number of para-hydroxylation sites is 1. The van der Waals surface area contributed by atoms with Crippen LogP contribution in [-0.2, 0) is 28.1 Å². The Morgan fingerprint density at radius 1 is 1.03 bits per heavy atom. The maximum Gasteiger partial charge on any atom is 0.255 e. The van der Waals surface area contributed by atoms with Gasteiger partial charge in [-0.25, -0.2) is 4.68 Å². The molecule has 2 aromatic carbocycles. The summed E-state index contributed by atoms with van der Waals surface area (Å²) in [6, 6.07) is 15.6. The first-order chi connectivity index (χ1) is 18.5. The Bertz CT molecular complexity index is 1440. The molecule has 1 atom stereocenters. The predicted octanol–water partition coefficient (Wildman–Crippen LogP) is 2.56. The molecule has 3 amide bonds. The molecule has 9 nitrogen and oxygen atoms in total. The Balaban J connectivity index is 1.07. The van der Waals surface area contributed by atoms with Gasteiger partial charge in [0.05, 0.1) is 24.5 Å². The topological polar surface area (TPSA) is 96.8 Å². The molecule has 9 heteroatoms. The fourth-order valence-corrected chi connectivity index (χ4v) is 6.52. The molecule has 0 radical (unpaired) electrons. The van der Waals surface area contributed by atoms with E-state index in [0.29, 0.717) is 25.1 Å². The molecular formula is C29H29N5O4. The summed E-state index contributed by atoms with van der Waals surface area (Å²) < 4.78 is 8.32. The van der Waals surface area contributed by atoms with Crippen molar-refractivity contribution in [3.05, 3.63) is 77.1 Å². The molecule has 0 saturated carbocycles. The Morgan fingerprint density at radius 3 is 2.63 bits per heavy atom. The van der Waals surface area contributed by atoms with Gasteiger partial charge in [0.15, 0.2) is 0 Å². The van der Waals surface area contributed by atoms with Crippen LogP contribution in [0.3, 0.4) is 0 Å². The first-order valence-corrected chi connectivity index (χ1v) is 13.3. The van der Waals surface area contributed by atoms with Crippen molar-refractivity contribution in [2.45, 2.75) is 50.2 Å². The first kappa shape index (κ1) is 23.2. The largest absolute Gasteiger partial charge is 0.492 e. The van der Waals surface area contributed by atoms with Crippen LogP contribution >= 0.6 is 0 Å². The number of aromatic nitrogens is 2. The first-order valence-electron chi connectivity index (χ1n) is 13.3. The summed E-state index contributed by atoms with van der Waals surface area (Å²) in [5, 5.41) is 6.91. The van der Waals surface area contributed by atoms with Crippen molar-refractivity contribution in [3.8, 4) is 11.4 Å². The van der Waals surface area contributed by atoms with Gasteiger partial charge in [0.2, 0.25) is 11.8 Å². The van der Waals surface area contributed by atoms with Crippen LogP contribution in [0, 0.1) is 0 Å². The number of likely N-dealkylation sites (tertiary alicyclic amines) is 1. The van der Waals surface area contributed by atoms with Crippen molar-refractivity contribution in [1.82, 2.24) is 24.9 Å². The van der Waals surface area contributed by atoms with Crippen molar-refractivity contribution in [3.63, 3.8) is 0 Å². The number of piperidine rings is 2. The fraction of sp³-hybridized carbons (Fsp3) is 0.379. The van der Waals surface area contributed by atoms with E-state index in [2.05, 4.69) is 39.6 Å².